The van der Waals surface area contributed by atoms with Crippen LogP contribution in [-0.2, 0) is 0 Å². The second-order valence-corrected chi connectivity index (χ2v) is 5.06. The zero-order valence-electron chi connectivity index (χ0n) is 11.0. The van der Waals surface area contributed by atoms with E-state index in [0.717, 1.165) is 6.54 Å². The molecule has 1 aromatic rings. The fourth-order valence-corrected chi connectivity index (χ4v) is 1.26. The van der Waals surface area contributed by atoms with Crippen LogP contribution in [0.25, 0.3) is 0 Å². The molecule has 0 aromatic carbocycles. The number of nitrogens with zero attached hydrogens (tertiary/aromatic N) is 4. The summed E-state index contributed by atoms with van der Waals surface area (Å²) in [5, 5.41) is 3.40. The Hall–Kier alpha value is -1.10. The molecule has 0 aliphatic carbocycles. The first-order valence-corrected chi connectivity index (χ1v) is 6.10. The maximum atomic E-state index is 5.84. The van der Waals surface area contributed by atoms with Crippen LogP contribution in [0.1, 0.15) is 20.8 Å². The molecule has 1 N–H and O–H groups in total. The van der Waals surface area contributed by atoms with Crippen molar-refractivity contribution in [3.63, 3.8) is 0 Å². The molecule has 0 aliphatic heterocycles. The van der Waals surface area contributed by atoms with Crippen LogP contribution in [0.15, 0.2) is 0 Å². The first-order chi connectivity index (χ1) is 7.90. The minimum Gasteiger partial charge on any atom is -0.354 e. The second kappa shape index (κ2) is 6.00. The lowest BCUT2D eigenvalue weighted by atomic mass is 9.98. The Labute approximate surface area is 108 Å². The van der Waals surface area contributed by atoms with Crippen molar-refractivity contribution in [1.82, 2.24) is 15.0 Å². The predicted octanol–water partition coefficient (Wildman–Crippen LogP) is 2.29. The second-order valence-electron chi connectivity index (χ2n) is 4.72. The van der Waals surface area contributed by atoms with Crippen molar-refractivity contribution < 1.29 is 0 Å². The number of rotatable bonds is 5. The highest BCUT2D eigenvalue weighted by molar-refractivity contribution is 6.28. The van der Waals surface area contributed by atoms with E-state index >= 15 is 0 Å². The topological polar surface area (TPSA) is 53.9 Å². The van der Waals surface area contributed by atoms with Crippen LogP contribution in [0.3, 0.4) is 0 Å². The van der Waals surface area contributed by atoms with Crippen molar-refractivity contribution in [1.29, 1.82) is 0 Å². The van der Waals surface area contributed by atoms with Gasteiger partial charge in [0.1, 0.15) is 0 Å². The van der Waals surface area contributed by atoms with E-state index in [-0.39, 0.29) is 5.28 Å². The molecule has 0 spiro atoms. The smallest absolute Gasteiger partial charge is 0.230 e. The Kier molecular flexibility index (Phi) is 4.93. The fourth-order valence-electron chi connectivity index (χ4n) is 1.11. The third-order valence-corrected chi connectivity index (χ3v) is 2.89. The molecule has 0 saturated carbocycles. The number of anilines is 2. The monoisotopic (exact) mass is 257 g/mol. The summed E-state index contributed by atoms with van der Waals surface area (Å²) in [7, 11) is 3.73. The molecule has 1 rings (SSSR count). The fraction of sp³-hybridized carbons (Fsp3) is 0.727. The van der Waals surface area contributed by atoms with Crippen LogP contribution in [-0.4, -0.2) is 35.6 Å². The molecule has 0 saturated heterocycles. The van der Waals surface area contributed by atoms with Crippen molar-refractivity contribution >= 4 is 23.5 Å². The highest BCUT2D eigenvalue weighted by Crippen LogP contribution is 2.14. The molecule has 5 nitrogen and oxygen atoms in total. The Bertz CT molecular complexity index is 367. The highest BCUT2D eigenvalue weighted by atomic mass is 35.5. The molecule has 0 fully saturated rings. The number of hydrogen-bond acceptors (Lipinski definition) is 5. The van der Waals surface area contributed by atoms with Gasteiger partial charge >= 0.3 is 0 Å². The third-order valence-electron chi connectivity index (χ3n) is 2.72. The number of nitrogens with one attached hydrogen (secondary N) is 1. The Morgan fingerprint density at radius 2 is 1.82 bits per heavy atom. The van der Waals surface area contributed by atoms with E-state index in [1.807, 2.05) is 14.1 Å². The van der Waals surface area contributed by atoms with Gasteiger partial charge in [-0.15, -0.1) is 0 Å². The molecule has 17 heavy (non-hydrogen) atoms. The summed E-state index contributed by atoms with van der Waals surface area (Å²) in [4.78, 5) is 14.1. The van der Waals surface area contributed by atoms with Gasteiger partial charge in [0.05, 0.1) is 0 Å². The molecule has 0 amide bonds. The van der Waals surface area contributed by atoms with Gasteiger partial charge in [0.2, 0.25) is 17.2 Å². The van der Waals surface area contributed by atoms with E-state index in [1.54, 1.807) is 4.90 Å². The van der Waals surface area contributed by atoms with E-state index in [9.17, 15) is 0 Å². The predicted molar refractivity (Wildman–Crippen MR) is 71.7 cm³/mol. The van der Waals surface area contributed by atoms with Crippen LogP contribution < -0.4 is 10.2 Å². The molecular formula is C11H20ClN5. The van der Waals surface area contributed by atoms with Crippen molar-refractivity contribution in [2.75, 3.05) is 30.9 Å². The van der Waals surface area contributed by atoms with Gasteiger partial charge in [-0.05, 0) is 23.4 Å². The number of aromatic nitrogens is 3. The largest absolute Gasteiger partial charge is 0.354 e. The minimum absolute atomic E-state index is 0.211. The maximum absolute atomic E-state index is 5.84. The zero-order valence-corrected chi connectivity index (χ0v) is 11.8. The SMILES string of the molecule is CC(C)C(C)CNc1nc(Cl)nc(N(C)C)n1. The summed E-state index contributed by atoms with van der Waals surface area (Å²) in [6.45, 7) is 7.40. The first kappa shape index (κ1) is 14.0. The van der Waals surface area contributed by atoms with E-state index in [2.05, 4.69) is 41.0 Å². The molecule has 1 atom stereocenters. The molecule has 0 bridgehead atoms. The van der Waals surface area contributed by atoms with E-state index in [4.69, 9.17) is 11.6 Å². The molecule has 0 radical (unpaired) electrons. The normalized spacial score (nSPS) is 12.6. The highest BCUT2D eigenvalue weighted by Gasteiger charge is 2.10. The summed E-state index contributed by atoms with van der Waals surface area (Å²) in [5.74, 6) is 2.26. The van der Waals surface area contributed by atoms with Gasteiger partial charge in [-0.1, -0.05) is 20.8 Å². The average molecular weight is 258 g/mol. The van der Waals surface area contributed by atoms with Crippen LogP contribution in [0, 0.1) is 11.8 Å². The van der Waals surface area contributed by atoms with Gasteiger partial charge in [-0.25, -0.2) is 0 Å². The van der Waals surface area contributed by atoms with E-state index in [0.29, 0.717) is 23.7 Å². The third kappa shape index (κ3) is 4.34. The lowest BCUT2D eigenvalue weighted by Crippen LogP contribution is -2.19. The standard InChI is InChI=1S/C11H20ClN5/c1-7(2)8(3)6-13-10-14-9(12)15-11(16-10)17(4)5/h7-8H,6H2,1-5H3,(H,13,14,15,16). The van der Waals surface area contributed by atoms with Gasteiger partial charge in [-0.3, -0.25) is 0 Å². The van der Waals surface area contributed by atoms with Crippen molar-refractivity contribution in [3.05, 3.63) is 5.28 Å². The summed E-state index contributed by atoms with van der Waals surface area (Å²) < 4.78 is 0. The van der Waals surface area contributed by atoms with Gasteiger partial charge < -0.3 is 10.2 Å². The Morgan fingerprint density at radius 3 is 2.35 bits per heavy atom. The summed E-state index contributed by atoms with van der Waals surface area (Å²) in [6, 6.07) is 0. The van der Waals surface area contributed by atoms with E-state index in [1.165, 1.54) is 0 Å². The van der Waals surface area contributed by atoms with Crippen LogP contribution in [0.2, 0.25) is 5.28 Å². The zero-order chi connectivity index (χ0) is 13.0. The van der Waals surface area contributed by atoms with Crippen molar-refractivity contribution in [3.8, 4) is 0 Å². The summed E-state index contributed by atoms with van der Waals surface area (Å²) in [5.41, 5.74) is 0. The van der Waals surface area contributed by atoms with Crippen LogP contribution in [0.4, 0.5) is 11.9 Å². The van der Waals surface area contributed by atoms with Gasteiger partial charge in [0, 0.05) is 20.6 Å². The maximum Gasteiger partial charge on any atom is 0.230 e. The molecule has 1 unspecified atom stereocenters. The summed E-state index contributed by atoms with van der Waals surface area (Å²) >= 11 is 5.84. The average Bonchev–Trinajstić information content (AvgIpc) is 2.24. The lowest BCUT2D eigenvalue weighted by molar-refractivity contribution is 0.439. The summed E-state index contributed by atoms with van der Waals surface area (Å²) in [6.07, 6.45) is 0. The van der Waals surface area contributed by atoms with Crippen LogP contribution in [0.5, 0.6) is 0 Å². The Balaban J connectivity index is 2.71. The molecular weight excluding hydrogens is 238 g/mol. The van der Waals surface area contributed by atoms with Gasteiger partial charge in [-0.2, -0.15) is 15.0 Å². The Morgan fingerprint density at radius 1 is 1.18 bits per heavy atom. The van der Waals surface area contributed by atoms with Crippen molar-refractivity contribution in [2.45, 2.75) is 20.8 Å². The van der Waals surface area contributed by atoms with Gasteiger partial charge in [0.15, 0.2) is 0 Å². The number of hydrogen-bond donors (Lipinski definition) is 1. The lowest BCUT2D eigenvalue weighted by Gasteiger charge is -2.17. The van der Waals surface area contributed by atoms with Crippen LogP contribution >= 0.6 is 11.6 Å². The molecule has 6 heteroatoms. The first-order valence-electron chi connectivity index (χ1n) is 5.73. The number of halogens is 1. The quantitative estimate of drug-likeness (QED) is 0.877. The minimum atomic E-state index is 0.211. The van der Waals surface area contributed by atoms with Crippen molar-refractivity contribution in [2.24, 2.45) is 11.8 Å². The molecule has 0 aliphatic rings. The van der Waals surface area contributed by atoms with E-state index < -0.39 is 0 Å². The molecule has 96 valence electrons. The molecule has 1 heterocycles. The van der Waals surface area contributed by atoms with Gasteiger partial charge in [0.25, 0.3) is 0 Å². The molecule has 1 aromatic heterocycles.